The molecule has 238 valence electrons. The van der Waals surface area contributed by atoms with Gasteiger partial charge in [0.25, 0.3) is 0 Å². The first kappa shape index (κ1) is 31.5. The second-order valence-electron chi connectivity index (χ2n) is 11.1. The van der Waals surface area contributed by atoms with Gasteiger partial charge in [-0.3, -0.25) is 4.79 Å². The maximum atomic E-state index is 12.8. The number of benzene rings is 2. The summed E-state index contributed by atoms with van der Waals surface area (Å²) >= 11 is 1.65. The summed E-state index contributed by atoms with van der Waals surface area (Å²) < 4.78 is 28.3. The minimum absolute atomic E-state index is 0.105. The molecule has 0 aliphatic carbocycles. The molecule has 2 aliphatic rings. The van der Waals surface area contributed by atoms with Crippen molar-refractivity contribution < 1.29 is 13.2 Å². The first-order chi connectivity index (χ1) is 22.3. The average molecular weight is 657 g/mol. The van der Waals surface area contributed by atoms with Gasteiger partial charge in [-0.25, -0.2) is 33.1 Å². The van der Waals surface area contributed by atoms with Crippen LogP contribution in [0.2, 0.25) is 0 Å². The van der Waals surface area contributed by atoms with Crippen molar-refractivity contribution in [1.29, 1.82) is 0 Å². The van der Waals surface area contributed by atoms with Crippen LogP contribution >= 0.6 is 11.3 Å². The third kappa shape index (κ3) is 7.33. The minimum atomic E-state index is -3.63. The van der Waals surface area contributed by atoms with Crippen LogP contribution in [-0.2, 0) is 27.8 Å². The van der Waals surface area contributed by atoms with Gasteiger partial charge >= 0.3 is 0 Å². The van der Waals surface area contributed by atoms with E-state index in [9.17, 15) is 13.2 Å². The Hall–Kier alpha value is -4.46. The van der Waals surface area contributed by atoms with E-state index in [0.717, 1.165) is 57.7 Å². The number of nitrogens with zero attached hydrogens (tertiary/aromatic N) is 6. The van der Waals surface area contributed by atoms with Gasteiger partial charge in [-0.1, -0.05) is 43.3 Å². The number of aromatic nitrogens is 2. The molecule has 4 aromatic rings. The Morgan fingerprint density at radius 3 is 2.54 bits per heavy atom. The van der Waals surface area contributed by atoms with Gasteiger partial charge in [-0.2, -0.15) is 0 Å². The number of guanidine groups is 1. The highest BCUT2D eigenvalue weighted by Gasteiger charge is 2.24. The minimum Gasteiger partial charge on any atom is -0.353 e. The predicted octanol–water partition coefficient (Wildman–Crippen LogP) is 4.90. The Morgan fingerprint density at radius 2 is 1.83 bits per heavy atom. The third-order valence-corrected chi connectivity index (χ3v) is 10.6. The number of thiazole rings is 1. The fourth-order valence-electron chi connectivity index (χ4n) is 5.38. The van der Waals surface area contributed by atoms with E-state index in [1.54, 1.807) is 54.8 Å². The van der Waals surface area contributed by atoms with Crippen LogP contribution in [0.3, 0.4) is 0 Å². The molecule has 1 saturated heterocycles. The normalized spacial score (nSPS) is 16.7. The Kier molecular flexibility index (Phi) is 9.52. The number of nitrogens with one attached hydrogen (secondary N) is 2. The number of hydrogen-bond acceptors (Lipinski definition) is 10. The van der Waals surface area contributed by atoms with Crippen molar-refractivity contribution in [3.8, 4) is 11.3 Å². The third-order valence-electron chi connectivity index (χ3n) is 7.90. The molecule has 1 unspecified atom stereocenters. The van der Waals surface area contributed by atoms with E-state index < -0.39 is 10.0 Å². The number of rotatable bonds is 9. The molecule has 2 aromatic heterocycles. The number of piperazine rings is 1. The standard InChI is InChI=1S/C33H36N8O3S2/c1-3-30-39-31(25-9-7-8-24(20-25)21-36-46(43,44)27-10-5-4-6-11-27)32(45-30)28-14-15-34-33(38-28)37-26-12-13-29(35-22-26)41-18-16-40(17-19-41)23(2)42/h4-13,15,20,22,28,36H,3,14,16-19,21H2,1-2H3,(H,37,38). The number of aryl methyl sites for hydroxylation is 1. The number of amides is 1. The second kappa shape index (κ2) is 13.9. The first-order valence-corrected chi connectivity index (χ1v) is 17.6. The topological polar surface area (TPSA) is 132 Å². The van der Waals surface area contributed by atoms with Gasteiger partial charge in [-0.15, -0.1) is 11.3 Å². The molecule has 4 heterocycles. The first-order valence-electron chi connectivity index (χ1n) is 15.3. The quantitative estimate of drug-likeness (QED) is 0.262. The molecular formula is C33H36N8O3S2. The molecular weight excluding hydrogens is 621 g/mol. The number of anilines is 2. The van der Waals surface area contributed by atoms with E-state index in [2.05, 4.69) is 31.8 Å². The van der Waals surface area contributed by atoms with Crippen LogP contribution in [0, 0.1) is 0 Å². The number of aliphatic imine (C=N–C) groups is 2. The lowest BCUT2D eigenvalue weighted by molar-refractivity contribution is -0.129. The molecule has 2 aromatic carbocycles. The molecule has 1 amide bonds. The number of sulfonamides is 1. The molecule has 0 saturated carbocycles. The molecule has 1 fully saturated rings. The van der Waals surface area contributed by atoms with Gasteiger partial charge in [0.2, 0.25) is 21.9 Å². The van der Waals surface area contributed by atoms with Gasteiger partial charge in [0.05, 0.1) is 38.4 Å². The Labute approximate surface area is 273 Å². The summed E-state index contributed by atoms with van der Waals surface area (Å²) in [4.78, 5) is 36.0. The summed E-state index contributed by atoms with van der Waals surface area (Å²) in [6.45, 7) is 6.74. The van der Waals surface area contributed by atoms with Gasteiger partial charge in [-0.05, 0) is 42.3 Å². The summed E-state index contributed by atoms with van der Waals surface area (Å²) in [5, 5.41) is 4.31. The lowest BCUT2D eigenvalue weighted by Crippen LogP contribution is -2.48. The molecule has 2 N–H and O–H groups in total. The summed E-state index contributed by atoms with van der Waals surface area (Å²) in [5.41, 5.74) is 3.39. The van der Waals surface area contributed by atoms with Gasteiger partial charge in [0.15, 0.2) is 0 Å². The van der Waals surface area contributed by atoms with Crippen molar-refractivity contribution in [3.63, 3.8) is 0 Å². The van der Waals surface area contributed by atoms with E-state index in [-0.39, 0.29) is 23.4 Å². The van der Waals surface area contributed by atoms with E-state index >= 15 is 0 Å². The van der Waals surface area contributed by atoms with Crippen molar-refractivity contribution in [1.82, 2.24) is 19.6 Å². The van der Waals surface area contributed by atoms with Crippen LogP contribution in [0.5, 0.6) is 0 Å². The van der Waals surface area contributed by atoms with Crippen LogP contribution in [0.1, 0.15) is 41.8 Å². The van der Waals surface area contributed by atoms with Crippen LogP contribution in [0.25, 0.3) is 11.3 Å². The van der Waals surface area contributed by atoms with E-state index in [4.69, 9.17) is 9.98 Å². The maximum Gasteiger partial charge on any atom is 0.240 e. The Bertz CT molecular complexity index is 1850. The van der Waals surface area contributed by atoms with Gasteiger partial charge in [0, 0.05) is 57.8 Å². The largest absolute Gasteiger partial charge is 0.353 e. The maximum absolute atomic E-state index is 12.8. The summed E-state index contributed by atoms with van der Waals surface area (Å²) in [6.07, 6.45) is 5.09. The smallest absolute Gasteiger partial charge is 0.240 e. The van der Waals surface area contributed by atoms with E-state index in [1.165, 1.54) is 0 Å². The monoisotopic (exact) mass is 656 g/mol. The average Bonchev–Trinajstić information content (AvgIpc) is 3.53. The molecule has 13 heteroatoms. The number of carbonyl (C=O) groups excluding carboxylic acids is 1. The predicted molar refractivity (Wildman–Crippen MR) is 183 cm³/mol. The lowest BCUT2D eigenvalue weighted by Gasteiger charge is -2.34. The summed E-state index contributed by atoms with van der Waals surface area (Å²) in [7, 11) is -3.63. The molecule has 46 heavy (non-hydrogen) atoms. The van der Waals surface area contributed by atoms with Gasteiger partial charge < -0.3 is 15.1 Å². The lowest BCUT2D eigenvalue weighted by atomic mass is 10.0. The van der Waals surface area contributed by atoms with Crippen molar-refractivity contribution in [3.05, 3.63) is 88.4 Å². The molecule has 2 aliphatic heterocycles. The van der Waals surface area contributed by atoms with Crippen LogP contribution < -0.4 is 14.9 Å². The Morgan fingerprint density at radius 1 is 1.02 bits per heavy atom. The zero-order chi connectivity index (χ0) is 32.1. The van der Waals surface area contributed by atoms with E-state index in [1.807, 2.05) is 47.5 Å². The summed E-state index contributed by atoms with van der Waals surface area (Å²) in [6, 6.07) is 19.9. The molecule has 6 rings (SSSR count). The van der Waals surface area contributed by atoms with E-state index in [0.29, 0.717) is 25.5 Å². The fourth-order valence-corrected chi connectivity index (χ4v) is 7.50. The summed E-state index contributed by atoms with van der Waals surface area (Å²) in [5.74, 6) is 1.48. The second-order valence-corrected chi connectivity index (χ2v) is 13.9. The zero-order valence-corrected chi connectivity index (χ0v) is 27.4. The SMILES string of the molecule is CCc1nc(-c2cccc(CNS(=O)(=O)c3ccccc3)c2)c(C2CC=NC(Nc3ccc(N4CCN(C(C)=O)CC4)nc3)=N2)s1. The molecule has 11 nitrogen and oxygen atoms in total. The van der Waals surface area contributed by atoms with Gasteiger partial charge in [0.1, 0.15) is 5.82 Å². The number of carbonyl (C=O) groups is 1. The van der Waals surface area contributed by atoms with Crippen LogP contribution in [0.4, 0.5) is 11.5 Å². The fraction of sp³-hybridized carbons (Fsp3) is 0.303. The van der Waals surface area contributed by atoms with Crippen molar-refractivity contribution in [2.45, 2.75) is 44.2 Å². The highest BCUT2D eigenvalue weighted by atomic mass is 32.2. The number of hydrogen-bond donors (Lipinski definition) is 2. The number of pyridine rings is 1. The molecule has 1 atom stereocenters. The van der Waals surface area contributed by atoms with Crippen LogP contribution in [-0.4, -0.2) is 67.5 Å². The Balaban J connectivity index is 1.16. The molecule has 0 bridgehead atoms. The van der Waals surface area contributed by atoms with Crippen LogP contribution in [0.15, 0.2) is 87.8 Å². The highest BCUT2D eigenvalue weighted by molar-refractivity contribution is 7.89. The zero-order valence-electron chi connectivity index (χ0n) is 25.8. The van der Waals surface area contributed by atoms with Crippen molar-refractivity contribution in [2.75, 3.05) is 36.4 Å². The molecule has 0 radical (unpaired) electrons. The van der Waals surface area contributed by atoms with Crippen molar-refractivity contribution >= 4 is 50.9 Å². The highest BCUT2D eigenvalue weighted by Crippen LogP contribution is 2.38. The molecule has 0 spiro atoms. The van der Waals surface area contributed by atoms with Crippen molar-refractivity contribution in [2.24, 2.45) is 9.98 Å².